The van der Waals surface area contributed by atoms with Gasteiger partial charge in [-0.05, 0) is 12.1 Å². The normalized spacial score (nSPS) is 11.3. The maximum Gasteiger partial charge on any atom is 0.222 e. The standard InChI is InChI=1S/C11H12FN3O/c1-14-11(16)6-8(7-13)15-10-5-3-2-4-9(10)12/h2-5,8,15H,6H2,1H3,(H,14,16). The summed E-state index contributed by atoms with van der Waals surface area (Å²) in [7, 11) is 1.49. The van der Waals surface area contributed by atoms with Gasteiger partial charge >= 0.3 is 0 Å². The van der Waals surface area contributed by atoms with Crippen molar-refractivity contribution in [2.45, 2.75) is 12.5 Å². The number of benzene rings is 1. The van der Waals surface area contributed by atoms with Crippen molar-refractivity contribution in [1.29, 1.82) is 5.26 Å². The van der Waals surface area contributed by atoms with E-state index in [1.54, 1.807) is 12.1 Å². The van der Waals surface area contributed by atoms with Crippen molar-refractivity contribution >= 4 is 11.6 Å². The number of carbonyl (C=O) groups excluding carboxylic acids is 1. The van der Waals surface area contributed by atoms with Crippen LogP contribution in [0.1, 0.15) is 6.42 Å². The first-order chi connectivity index (χ1) is 7.67. The molecule has 1 atom stereocenters. The fourth-order valence-electron chi connectivity index (χ4n) is 1.18. The smallest absolute Gasteiger partial charge is 0.222 e. The highest BCUT2D eigenvalue weighted by atomic mass is 19.1. The zero-order valence-electron chi connectivity index (χ0n) is 8.83. The van der Waals surface area contributed by atoms with Crippen LogP contribution in [-0.2, 0) is 4.79 Å². The Morgan fingerprint density at radius 1 is 1.56 bits per heavy atom. The van der Waals surface area contributed by atoms with Crippen molar-refractivity contribution in [2.75, 3.05) is 12.4 Å². The third-order valence-electron chi connectivity index (χ3n) is 2.03. The minimum atomic E-state index is -0.739. The van der Waals surface area contributed by atoms with Crippen LogP contribution in [0.25, 0.3) is 0 Å². The van der Waals surface area contributed by atoms with Gasteiger partial charge in [-0.2, -0.15) is 5.26 Å². The number of amides is 1. The molecule has 0 heterocycles. The van der Waals surface area contributed by atoms with Gasteiger partial charge in [-0.1, -0.05) is 12.1 Å². The Balaban J connectivity index is 2.68. The van der Waals surface area contributed by atoms with Gasteiger partial charge in [0.05, 0.1) is 18.2 Å². The quantitative estimate of drug-likeness (QED) is 0.804. The Morgan fingerprint density at radius 3 is 2.81 bits per heavy atom. The number of nitriles is 1. The molecule has 5 heteroatoms. The van der Waals surface area contributed by atoms with Crippen LogP contribution < -0.4 is 10.6 Å². The molecule has 16 heavy (non-hydrogen) atoms. The molecule has 0 aliphatic heterocycles. The maximum absolute atomic E-state index is 13.2. The molecule has 0 aromatic heterocycles. The molecule has 1 amide bonds. The lowest BCUT2D eigenvalue weighted by molar-refractivity contribution is -0.120. The summed E-state index contributed by atoms with van der Waals surface area (Å²) in [6.07, 6.45) is -0.0126. The van der Waals surface area contributed by atoms with Crippen molar-refractivity contribution in [3.63, 3.8) is 0 Å². The molecule has 2 N–H and O–H groups in total. The Bertz CT molecular complexity index is 414. The van der Waals surface area contributed by atoms with E-state index in [0.717, 1.165) is 0 Å². The van der Waals surface area contributed by atoms with E-state index in [2.05, 4.69) is 10.6 Å². The number of halogens is 1. The van der Waals surface area contributed by atoms with E-state index in [-0.39, 0.29) is 18.0 Å². The molecule has 1 unspecified atom stereocenters. The first-order valence-electron chi connectivity index (χ1n) is 4.78. The van der Waals surface area contributed by atoms with Gasteiger partial charge in [-0.15, -0.1) is 0 Å². The van der Waals surface area contributed by atoms with E-state index in [1.807, 2.05) is 6.07 Å². The molecule has 1 aromatic carbocycles. The molecule has 0 fully saturated rings. The fourth-order valence-corrected chi connectivity index (χ4v) is 1.18. The molecular weight excluding hydrogens is 209 g/mol. The molecule has 0 saturated heterocycles. The van der Waals surface area contributed by atoms with Gasteiger partial charge in [0, 0.05) is 7.05 Å². The van der Waals surface area contributed by atoms with Gasteiger partial charge in [-0.3, -0.25) is 4.79 Å². The van der Waals surface area contributed by atoms with E-state index < -0.39 is 11.9 Å². The molecule has 4 nitrogen and oxygen atoms in total. The first-order valence-corrected chi connectivity index (χ1v) is 4.78. The van der Waals surface area contributed by atoms with Crippen LogP contribution in [0.3, 0.4) is 0 Å². The zero-order valence-corrected chi connectivity index (χ0v) is 8.83. The maximum atomic E-state index is 13.2. The summed E-state index contributed by atoms with van der Waals surface area (Å²) in [5.41, 5.74) is 0.220. The summed E-state index contributed by atoms with van der Waals surface area (Å²) in [5, 5.41) is 13.9. The highest BCUT2D eigenvalue weighted by molar-refractivity contribution is 5.77. The Labute approximate surface area is 93.1 Å². The van der Waals surface area contributed by atoms with Crippen LogP contribution in [0.5, 0.6) is 0 Å². The Morgan fingerprint density at radius 2 is 2.25 bits per heavy atom. The second-order valence-electron chi connectivity index (χ2n) is 3.18. The number of nitrogens with one attached hydrogen (secondary N) is 2. The van der Waals surface area contributed by atoms with Crippen molar-refractivity contribution in [2.24, 2.45) is 0 Å². The second-order valence-corrected chi connectivity index (χ2v) is 3.18. The molecule has 1 aromatic rings. The summed E-state index contributed by atoms with van der Waals surface area (Å²) < 4.78 is 13.2. The van der Waals surface area contributed by atoms with Crippen LogP contribution in [-0.4, -0.2) is 19.0 Å². The molecule has 84 valence electrons. The van der Waals surface area contributed by atoms with Crippen LogP contribution in [0.15, 0.2) is 24.3 Å². The average molecular weight is 221 g/mol. The summed E-state index contributed by atoms with van der Waals surface area (Å²) in [5.74, 6) is -0.713. The fraction of sp³-hybridized carbons (Fsp3) is 0.273. The predicted molar refractivity (Wildman–Crippen MR) is 58.1 cm³/mol. The number of hydrogen-bond donors (Lipinski definition) is 2. The number of rotatable bonds is 4. The predicted octanol–water partition coefficient (Wildman–Crippen LogP) is 1.27. The molecule has 0 saturated carbocycles. The van der Waals surface area contributed by atoms with Gasteiger partial charge in [0.1, 0.15) is 11.9 Å². The summed E-state index contributed by atoms with van der Waals surface area (Å²) in [6, 6.07) is 7.18. The van der Waals surface area contributed by atoms with Crippen molar-refractivity contribution in [3.8, 4) is 6.07 Å². The minimum absolute atomic E-state index is 0.0126. The number of nitrogens with zero attached hydrogens (tertiary/aromatic N) is 1. The lowest BCUT2D eigenvalue weighted by Crippen LogP contribution is -2.28. The van der Waals surface area contributed by atoms with Gasteiger partial charge < -0.3 is 10.6 Å². The number of para-hydroxylation sites is 1. The van der Waals surface area contributed by atoms with Gasteiger partial charge in [0.25, 0.3) is 0 Å². The highest BCUT2D eigenvalue weighted by Gasteiger charge is 2.13. The molecule has 0 aliphatic carbocycles. The van der Waals surface area contributed by atoms with Gasteiger partial charge in [-0.25, -0.2) is 4.39 Å². The monoisotopic (exact) mass is 221 g/mol. The molecular formula is C11H12FN3O. The first kappa shape index (κ1) is 12.0. The zero-order chi connectivity index (χ0) is 12.0. The second kappa shape index (κ2) is 5.71. The largest absolute Gasteiger partial charge is 0.367 e. The van der Waals surface area contributed by atoms with Crippen molar-refractivity contribution in [1.82, 2.24) is 5.32 Å². The average Bonchev–Trinajstić information content (AvgIpc) is 2.30. The molecule has 0 bridgehead atoms. The van der Waals surface area contributed by atoms with E-state index >= 15 is 0 Å². The molecule has 1 rings (SSSR count). The van der Waals surface area contributed by atoms with Crippen LogP contribution >= 0.6 is 0 Å². The van der Waals surface area contributed by atoms with Crippen molar-refractivity contribution < 1.29 is 9.18 Å². The van der Waals surface area contributed by atoms with Crippen LogP contribution in [0, 0.1) is 17.1 Å². The van der Waals surface area contributed by atoms with Crippen LogP contribution in [0.2, 0.25) is 0 Å². The van der Waals surface area contributed by atoms with E-state index in [4.69, 9.17) is 5.26 Å². The van der Waals surface area contributed by atoms with E-state index in [9.17, 15) is 9.18 Å². The third kappa shape index (κ3) is 3.24. The Kier molecular flexibility index (Phi) is 4.28. The number of carbonyl (C=O) groups is 1. The van der Waals surface area contributed by atoms with E-state index in [1.165, 1.54) is 19.2 Å². The van der Waals surface area contributed by atoms with Crippen LogP contribution in [0.4, 0.5) is 10.1 Å². The third-order valence-corrected chi connectivity index (χ3v) is 2.03. The molecule has 0 aliphatic rings. The summed E-state index contributed by atoms with van der Waals surface area (Å²) >= 11 is 0. The van der Waals surface area contributed by atoms with Crippen molar-refractivity contribution in [3.05, 3.63) is 30.1 Å². The number of hydrogen-bond acceptors (Lipinski definition) is 3. The summed E-state index contributed by atoms with van der Waals surface area (Å²) in [4.78, 5) is 11.1. The summed E-state index contributed by atoms with van der Waals surface area (Å²) in [6.45, 7) is 0. The Hall–Kier alpha value is -2.09. The number of anilines is 1. The highest BCUT2D eigenvalue weighted by Crippen LogP contribution is 2.14. The lowest BCUT2D eigenvalue weighted by Gasteiger charge is -2.12. The molecule has 0 spiro atoms. The van der Waals surface area contributed by atoms with Gasteiger partial charge in [0.2, 0.25) is 5.91 Å². The van der Waals surface area contributed by atoms with E-state index in [0.29, 0.717) is 0 Å². The molecule has 0 radical (unpaired) electrons. The van der Waals surface area contributed by atoms with Gasteiger partial charge in [0.15, 0.2) is 0 Å². The SMILES string of the molecule is CNC(=O)CC(C#N)Nc1ccccc1F. The lowest BCUT2D eigenvalue weighted by atomic mass is 10.2. The topological polar surface area (TPSA) is 64.9 Å². The minimum Gasteiger partial charge on any atom is -0.367 e.